The molecule has 0 aromatic heterocycles. The van der Waals surface area contributed by atoms with Crippen molar-refractivity contribution in [3.8, 4) is 12.3 Å². The molecule has 0 bridgehead atoms. The molecule has 4 nitrogen and oxygen atoms in total. The molecule has 7 heteroatoms. The summed E-state index contributed by atoms with van der Waals surface area (Å²) in [6.45, 7) is -0.0791. The molecular weight excluding hydrogens is 360 g/mol. The van der Waals surface area contributed by atoms with Crippen molar-refractivity contribution in [2.45, 2.75) is 4.90 Å². The summed E-state index contributed by atoms with van der Waals surface area (Å²) in [6.07, 6.45) is 4.99. The molecule has 1 aromatic carbocycles. The molecule has 0 spiro atoms. The lowest BCUT2D eigenvalue weighted by molar-refractivity contribution is 0.586. The predicted octanol–water partition coefficient (Wildman–Crippen LogP) is 1.71. The fraction of sp³-hybridized carbons (Fsp3) is 0.111. The van der Waals surface area contributed by atoms with Crippen LogP contribution in [0.15, 0.2) is 26.0 Å². The van der Waals surface area contributed by atoms with E-state index in [9.17, 15) is 8.42 Å². The minimum atomic E-state index is -3.69. The molecule has 0 saturated carbocycles. The van der Waals surface area contributed by atoms with Gasteiger partial charge in [0, 0.05) is 8.95 Å². The standard InChI is InChI=1S/C9H8Br2N2O2S/c1-2-3-13-16(14,15)9-7(11)4-6(10)5-8(9)12/h1,4-5,13H,3,12H2. The van der Waals surface area contributed by atoms with Gasteiger partial charge in [-0.25, -0.2) is 8.42 Å². The van der Waals surface area contributed by atoms with E-state index < -0.39 is 10.0 Å². The van der Waals surface area contributed by atoms with E-state index in [-0.39, 0.29) is 17.1 Å². The summed E-state index contributed by atoms with van der Waals surface area (Å²) in [5.74, 6) is 2.19. The van der Waals surface area contributed by atoms with Crippen LogP contribution in [0.2, 0.25) is 0 Å². The van der Waals surface area contributed by atoms with Crippen LogP contribution in [0.5, 0.6) is 0 Å². The minimum Gasteiger partial charge on any atom is -0.398 e. The Morgan fingerprint density at radius 1 is 1.44 bits per heavy atom. The van der Waals surface area contributed by atoms with Gasteiger partial charge in [-0.1, -0.05) is 21.9 Å². The lowest BCUT2D eigenvalue weighted by Gasteiger charge is -2.09. The molecule has 0 unspecified atom stereocenters. The van der Waals surface area contributed by atoms with Gasteiger partial charge >= 0.3 is 0 Å². The maximum absolute atomic E-state index is 11.8. The molecule has 0 aliphatic carbocycles. The van der Waals surface area contributed by atoms with Gasteiger partial charge in [-0.05, 0) is 28.1 Å². The van der Waals surface area contributed by atoms with Gasteiger partial charge in [0.2, 0.25) is 10.0 Å². The third kappa shape index (κ3) is 2.98. The van der Waals surface area contributed by atoms with Crippen molar-refractivity contribution in [1.29, 1.82) is 0 Å². The second-order valence-electron chi connectivity index (χ2n) is 2.83. The van der Waals surface area contributed by atoms with E-state index >= 15 is 0 Å². The van der Waals surface area contributed by atoms with Crippen molar-refractivity contribution >= 4 is 47.6 Å². The number of nitrogen functional groups attached to an aromatic ring is 1. The Morgan fingerprint density at radius 3 is 2.56 bits per heavy atom. The van der Waals surface area contributed by atoms with Crippen LogP contribution < -0.4 is 10.5 Å². The summed E-state index contributed by atoms with van der Waals surface area (Å²) in [7, 11) is -3.69. The Hall–Kier alpha value is -0.550. The number of nitrogens with two attached hydrogens (primary N) is 1. The van der Waals surface area contributed by atoms with Crippen LogP contribution in [-0.4, -0.2) is 15.0 Å². The topological polar surface area (TPSA) is 72.2 Å². The van der Waals surface area contributed by atoms with Crippen molar-refractivity contribution in [1.82, 2.24) is 4.72 Å². The summed E-state index contributed by atoms with van der Waals surface area (Å²) in [6, 6.07) is 3.11. The highest BCUT2D eigenvalue weighted by Gasteiger charge is 2.20. The highest BCUT2D eigenvalue weighted by molar-refractivity contribution is 9.11. The number of nitrogens with one attached hydrogen (secondary N) is 1. The Balaban J connectivity index is 3.29. The molecule has 0 fully saturated rings. The van der Waals surface area contributed by atoms with E-state index in [1.165, 1.54) is 6.07 Å². The van der Waals surface area contributed by atoms with Crippen LogP contribution in [0.25, 0.3) is 0 Å². The fourth-order valence-electron chi connectivity index (χ4n) is 1.07. The Labute approximate surface area is 111 Å². The summed E-state index contributed by atoms with van der Waals surface area (Å²) in [4.78, 5) is -0.00838. The third-order valence-electron chi connectivity index (χ3n) is 1.67. The van der Waals surface area contributed by atoms with Gasteiger partial charge in [-0.3, -0.25) is 0 Å². The van der Waals surface area contributed by atoms with Crippen molar-refractivity contribution in [2.24, 2.45) is 0 Å². The lowest BCUT2D eigenvalue weighted by atomic mass is 10.3. The van der Waals surface area contributed by atoms with Crippen molar-refractivity contribution in [2.75, 3.05) is 12.3 Å². The first-order valence-electron chi connectivity index (χ1n) is 4.06. The molecule has 0 amide bonds. The zero-order valence-corrected chi connectivity index (χ0v) is 12.0. The molecule has 0 aliphatic heterocycles. The van der Waals surface area contributed by atoms with E-state index in [1.807, 2.05) is 0 Å². The number of anilines is 1. The van der Waals surface area contributed by atoms with Crippen LogP contribution in [0.3, 0.4) is 0 Å². The molecule has 0 atom stereocenters. The molecule has 1 rings (SSSR count). The van der Waals surface area contributed by atoms with Crippen molar-refractivity contribution < 1.29 is 8.42 Å². The smallest absolute Gasteiger partial charge is 0.244 e. The molecule has 86 valence electrons. The van der Waals surface area contributed by atoms with Gasteiger partial charge in [-0.15, -0.1) is 6.42 Å². The SMILES string of the molecule is C#CCNS(=O)(=O)c1c(N)cc(Br)cc1Br. The van der Waals surface area contributed by atoms with Gasteiger partial charge < -0.3 is 5.73 Å². The van der Waals surface area contributed by atoms with Crippen LogP contribution in [-0.2, 0) is 10.0 Å². The maximum Gasteiger partial charge on any atom is 0.244 e. The minimum absolute atomic E-state index is 0.00838. The van der Waals surface area contributed by atoms with Gasteiger partial charge in [0.15, 0.2) is 0 Å². The lowest BCUT2D eigenvalue weighted by Crippen LogP contribution is -2.25. The van der Waals surface area contributed by atoms with Crippen LogP contribution in [0.4, 0.5) is 5.69 Å². The molecule has 0 aliphatic rings. The maximum atomic E-state index is 11.8. The van der Waals surface area contributed by atoms with Crippen LogP contribution in [0.1, 0.15) is 0 Å². The summed E-state index contributed by atoms with van der Waals surface area (Å²) >= 11 is 6.35. The largest absolute Gasteiger partial charge is 0.398 e. The predicted molar refractivity (Wildman–Crippen MR) is 70.3 cm³/mol. The van der Waals surface area contributed by atoms with Crippen LogP contribution >= 0.6 is 31.9 Å². The van der Waals surface area contributed by atoms with E-state index in [0.717, 1.165) is 0 Å². The first kappa shape index (κ1) is 13.5. The Morgan fingerprint density at radius 2 is 2.06 bits per heavy atom. The molecule has 0 heterocycles. The first-order valence-corrected chi connectivity index (χ1v) is 7.13. The van der Waals surface area contributed by atoms with E-state index in [0.29, 0.717) is 8.95 Å². The van der Waals surface area contributed by atoms with Gasteiger partial charge in [0.1, 0.15) is 4.90 Å². The van der Waals surface area contributed by atoms with Gasteiger partial charge in [0.05, 0.1) is 12.2 Å². The average molecular weight is 368 g/mol. The summed E-state index contributed by atoms with van der Waals surface area (Å²) in [5, 5.41) is 0. The first-order chi connectivity index (χ1) is 7.38. The molecule has 0 saturated heterocycles. The zero-order valence-electron chi connectivity index (χ0n) is 8.00. The van der Waals surface area contributed by atoms with Gasteiger partial charge in [-0.2, -0.15) is 4.72 Å². The fourth-order valence-corrected chi connectivity index (χ4v) is 4.07. The number of rotatable bonds is 3. The number of halogens is 2. The average Bonchev–Trinajstić information content (AvgIpc) is 2.12. The normalized spacial score (nSPS) is 11.1. The number of terminal acetylenes is 1. The van der Waals surface area contributed by atoms with Crippen molar-refractivity contribution in [3.63, 3.8) is 0 Å². The monoisotopic (exact) mass is 366 g/mol. The van der Waals surface area contributed by atoms with E-state index in [1.54, 1.807) is 6.07 Å². The van der Waals surface area contributed by atoms with Crippen LogP contribution in [0, 0.1) is 12.3 Å². The highest BCUT2D eigenvalue weighted by Crippen LogP contribution is 2.31. The third-order valence-corrected chi connectivity index (χ3v) is 4.53. The quantitative estimate of drug-likeness (QED) is 0.631. The van der Waals surface area contributed by atoms with E-state index in [2.05, 4.69) is 42.5 Å². The summed E-state index contributed by atoms with van der Waals surface area (Å²) in [5.41, 5.74) is 5.79. The Kier molecular flexibility index (Phi) is 4.38. The van der Waals surface area contributed by atoms with Gasteiger partial charge in [0.25, 0.3) is 0 Å². The number of hydrogen-bond donors (Lipinski definition) is 2. The Bertz CT molecular complexity index is 526. The highest BCUT2D eigenvalue weighted by atomic mass is 79.9. The number of hydrogen-bond acceptors (Lipinski definition) is 3. The molecule has 16 heavy (non-hydrogen) atoms. The van der Waals surface area contributed by atoms with Crippen molar-refractivity contribution in [3.05, 3.63) is 21.1 Å². The second kappa shape index (κ2) is 5.19. The summed E-state index contributed by atoms with van der Waals surface area (Å²) < 4.78 is 26.9. The molecule has 1 aromatic rings. The van der Waals surface area contributed by atoms with E-state index in [4.69, 9.17) is 12.2 Å². The number of sulfonamides is 1. The number of benzene rings is 1. The molecular formula is C9H8Br2N2O2S. The zero-order chi connectivity index (χ0) is 12.3. The molecule has 0 radical (unpaired) electrons. The molecule has 3 N–H and O–H groups in total. The second-order valence-corrected chi connectivity index (χ2v) is 6.31.